The van der Waals surface area contributed by atoms with Gasteiger partial charge in [0.15, 0.2) is 5.82 Å². The number of anilines is 1. The first-order chi connectivity index (χ1) is 16.9. The van der Waals surface area contributed by atoms with Crippen molar-refractivity contribution in [3.8, 4) is 22.9 Å². The van der Waals surface area contributed by atoms with Crippen LogP contribution in [0.15, 0.2) is 48.7 Å². The van der Waals surface area contributed by atoms with E-state index in [0.717, 1.165) is 5.56 Å². The largest absolute Gasteiger partial charge is 0.507 e. The summed E-state index contributed by atoms with van der Waals surface area (Å²) in [6.07, 6.45) is 3.03. The molecule has 1 fully saturated rings. The lowest BCUT2D eigenvalue weighted by Gasteiger charge is -2.40. The predicted molar refractivity (Wildman–Crippen MR) is 127 cm³/mol. The average Bonchev–Trinajstić information content (AvgIpc) is 3.28. The zero-order chi connectivity index (χ0) is 25.0. The van der Waals surface area contributed by atoms with Gasteiger partial charge in [-0.1, -0.05) is 30.3 Å². The Kier molecular flexibility index (Phi) is 6.80. The van der Waals surface area contributed by atoms with E-state index >= 15 is 0 Å². The number of carbonyl (C=O) groups excluding carboxylic acids is 2. The molecule has 2 amide bonds. The van der Waals surface area contributed by atoms with Gasteiger partial charge in [0.1, 0.15) is 17.1 Å². The third kappa shape index (κ3) is 4.85. The number of aromatic hydroxyl groups is 1. The van der Waals surface area contributed by atoms with E-state index in [4.69, 9.17) is 5.73 Å². The normalized spacial score (nSPS) is 15.3. The predicted octanol–water partition coefficient (Wildman–Crippen LogP) is 2.97. The molecule has 0 radical (unpaired) electrons. The van der Waals surface area contributed by atoms with Crippen molar-refractivity contribution in [3.05, 3.63) is 65.6 Å². The Labute approximate surface area is 201 Å². The molecule has 0 aliphatic carbocycles. The number of benzene rings is 2. The summed E-state index contributed by atoms with van der Waals surface area (Å²) in [4.78, 5) is 24.7. The van der Waals surface area contributed by atoms with Crippen molar-refractivity contribution in [3.63, 3.8) is 0 Å². The Bertz CT molecular complexity index is 1280. The van der Waals surface area contributed by atoms with Crippen LogP contribution < -0.4 is 11.1 Å². The molecule has 4 rings (SSSR count). The van der Waals surface area contributed by atoms with Crippen LogP contribution in [0, 0.1) is 17.1 Å². The highest BCUT2D eigenvalue weighted by Crippen LogP contribution is 2.36. The molecule has 1 aliphatic rings. The van der Waals surface area contributed by atoms with Gasteiger partial charge in [0.25, 0.3) is 5.91 Å². The van der Waals surface area contributed by atoms with E-state index in [2.05, 4.69) is 16.5 Å². The Morgan fingerprint density at radius 2 is 2.00 bits per heavy atom. The smallest absolute Gasteiger partial charge is 0.254 e. The number of primary amides is 1. The number of carbonyl (C=O) groups is 2. The molecule has 1 saturated heterocycles. The highest BCUT2D eigenvalue weighted by atomic mass is 19.1. The fourth-order valence-electron chi connectivity index (χ4n) is 4.54. The lowest BCUT2D eigenvalue weighted by molar-refractivity contribution is -0.105. The van der Waals surface area contributed by atoms with Gasteiger partial charge in [-0.25, -0.2) is 4.39 Å². The standard InChI is InChI=1S/C25H25FN6O3/c26-21-13-19(17-4-2-1-3-5-17)22(34)12-18(21)14-31-10-7-25(6-9-27,8-11-31)32-15-20(23(28)35)24(30-32)29-16-33/h1-5,12-13,15-16,34H,6-8,10-11,14H2,(H2,28,35)(H,29,30,33). The van der Waals surface area contributed by atoms with Crippen LogP contribution >= 0.6 is 0 Å². The van der Waals surface area contributed by atoms with Crippen molar-refractivity contribution in [1.29, 1.82) is 5.26 Å². The molecule has 35 heavy (non-hydrogen) atoms. The van der Waals surface area contributed by atoms with E-state index in [-0.39, 0.29) is 23.6 Å². The first-order valence-electron chi connectivity index (χ1n) is 11.1. The molecule has 2 aromatic carbocycles. The van der Waals surface area contributed by atoms with Crippen LogP contribution in [0.1, 0.15) is 35.2 Å². The van der Waals surface area contributed by atoms with Crippen LogP contribution in [0.5, 0.6) is 5.75 Å². The minimum atomic E-state index is -0.737. The van der Waals surface area contributed by atoms with E-state index in [1.165, 1.54) is 18.3 Å². The summed E-state index contributed by atoms with van der Waals surface area (Å²) in [5.41, 5.74) is 6.31. The molecule has 9 nitrogen and oxygen atoms in total. The number of nitrogens with one attached hydrogen (secondary N) is 1. The van der Waals surface area contributed by atoms with Crippen LogP contribution in [0.3, 0.4) is 0 Å². The number of likely N-dealkylation sites (tertiary alicyclic amines) is 1. The van der Waals surface area contributed by atoms with Gasteiger partial charge in [0.05, 0.1) is 18.0 Å². The molecular weight excluding hydrogens is 451 g/mol. The summed E-state index contributed by atoms with van der Waals surface area (Å²) in [5.74, 6) is -1.09. The topological polar surface area (TPSA) is 137 Å². The molecule has 1 aliphatic heterocycles. The highest BCUT2D eigenvalue weighted by Gasteiger charge is 2.38. The van der Waals surface area contributed by atoms with E-state index in [1.54, 1.807) is 4.68 Å². The molecule has 3 aromatic rings. The Hall–Kier alpha value is -4.23. The van der Waals surface area contributed by atoms with Crippen LogP contribution in [0.2, 0.25) is 0 Å². The first-order valence-corrected chi connectivity index (χ1v) is 11.1. The number of rotatable bonds is 8. The van der Waals surface area contributed by atoms with Crippen LogP contribution in [0.25, 0.3) is 11.1 Å². The molecule has 4 N–H and O–H groups in total. The van der Waals surface area contributed by atoms with Crippen molar-refractivity contribution in [2.75, 3.05) is 18.4 Å². The van der Waals surface area contributed by atoms with E-state index in [0.29, 0.717) is 50.0 Å². The van der Waals surface area contributed by atoms with Crippen molar-refractivity contribution in [2.24, 2.45) is 5.73 Å². The second kappa shape index (κ2) is 9.95. The fraction of sp³-hybridized carbons (Fsp3) is 0.280. The van der Waals surface area contributed by atoms with Crippen molar-refractivity contribution >= 4 is 18.1 Å². The van der Waals surface area contributed by atoms with Crippen molar-refractivity contribution in [1.82, 2.24) is 14.7 Å². The van der Waals surface area contributed by atoms with Gasteiger partial charge in [-0.2, -0.15) is 10.4 Å². The molecule has 0 spiro atoms. The van der Waals surface area contributed by atoms with Crippen molar-refractivity contribution in [2.45, 2.75) is 31.3 Å². The summed E-state index contributed by atoms with van der Waals surface area (Å²) < 4.78 is 16.5. The Balaban J connectivity index is 1.52. The van der Waals surface area contributed by atoms with E-state index in [9.17, 15) is 24.3 Å². The summed E-state index contributed by atoms with van der Waals surface area (Å²) in [6, 6.07) is 14.1. The zero-order valence-corrected chi connectivity index (χ0v) is 18.9. The number of nitrogens with zero attached hydrogens (tertiary/aromatic N) is 4. The lowest BCUT2D eigenvalue weighted by atomic mass is 9.84. The minimum absolute atomic E-state index is 0.00849. The van der Waals surface area contributed by atoms with Gasteiger partial charge in [0, 0.05) is 37.0 Å². The van der Waals surface area contributed by atoms with Gasteiger partial charge in [0.2, 0.25) is 6.41 Å². The number of hydrogen-bond donors (Lipinski definition) is 3. The van der Waals surface area contributed by atoms with Gasteiger partial charge >= 0.3 is 0 Å². The Morgan fingerprint density at radius 1 is 1.29 bits per heavy atom. The van der Waals surface area contributed by atoms with Crippen LogP contribution in [0.4, 0.5) is 10.2 Å². The second-order valence-corrected chi connectivity index (χ2v) is 8.62. The molecule has 0 saturated carbocycles. The third-order valence-electron chi connectivity index (χ3n) is 6.50. The van der Waals surface area contributed by atoms with Gasteiger partial charge in [-0.3, -0.25) is 19.2 Å². The SMILES string of the molecule is N#CCC1(n2cc(C(N)=O)c(NC=O)n2)CCN(Cc2cc(O)c(-c3ccccc3)cc2F)CC1. The molecule has 10 heteroatoms. The molecule has 2 heterocycles. The molecular formula is C25H25FN6O3. The molecule has 1 aromatic heterocycles. The maximum absolute atomic E-state index is 14.9. The van der Waals surface area contributed by atoms with Gasteiger partial charge in [-0.15, -0.1) is 0 Å². The number of phenols is 1. The van der Waals surface area contributed by atoms with Gasteiger partial charge < -0.3 is 16.2 Å². The lowest BCUT2D eigenvalue weighted by Crippen LogP contribution is -2.46. The number of phenolic OH excluding ortho intramolecular Hbond substituents is 1. The summed E-state index contributed by atoms with van der Waals surface area (Å²) in [6.45, 7) is 1.36. The van der Waals surface area contributed by atoms with E-state index < -0.39 is 17.3 Å². The van der Waals surface area contributed by atoms with Gasteiger partial charge in [-0.05, 0) is 30.5 Å². The summed E-state index contributed by atoms with van der Waals surface area (Å²) in [5, 5.41) is 26.7. The number of piperidine rings is 1. The molecule has 0 atom stereocenters. The van der Waals surface area contributed by atoms with Crippen LogP contribution in [-0.4, -0.2) is 45.2 Å². The summed E-state index contributed by atoms with van der Waals surface area (Å²) >= 11 is 0. The fourth-order valence-corrected chi connectivity index (χ4v) is 4.54. The Morgan fingerprint density at radius 3 is 2.63 bits per heavy atom. The average molecular weight is 477 g/mol. The third-order valence-corrected chi connectivity index (χ3v) is 6.50. The molecule has 180 valence electrons. The number of aromatic nitrogens is 2. The first kappa shape index (κ1) is 23.9. The zero-order valence-electron chi connectivity index (χ0n) is 18.9. The maximum Gasteiger partial charge on any atom is 0.254 e. The number of nitriles is 1. The monoisotopic (exact) mass is 476 g/mol. The molecule has 0 unspecified atom stereocenters. The minimum Gasteiger partial charge on any atom is -0.507 e. The number of nitrogens with two attached hydrogens (primary N) is 1. The maximum atomic E-state index is 14.9. The van der Waals surface area contributed by atoms with Crippen LogP contribution in [-0.2, 0) is 16.9 Å². The molecule has 0 bridgehead atoms. The number of halogens is 1. The highest BCUT2D eigenvalue weighted by molar-refractivity contribution is 5.99. The quantitative estimate of drug-likeness (QED) is 0.428. The number of hydrogen-bond acceptors (Lipinski definition) is 6. The second-order valence-electron chi connectivity index (χ2n) is 8.62. The number of amides is 2. The van der Waals surface area contributed by atoms with E-state index in [1.807, 2.05) is 35.2 Å². The summed E-state index contributed by atoms with van der Waals surface area (Å²) in [7, 11) is 0. The van der Waals surface area contributed by atoms with Crippen molar-refractivity contribution < 1.29 is 19.1 Å².